The van der Waals surface area contributed by atoms with Crippen molar-refractivity contribution in [2.75, 3.05) is 0 Å². The van der Waals surface area contributed by atoms with Crippen molar-refractivity contribution in [1.82, 2.24) is 10.6 Å². The van der Waals surface area contributed by atoms with Gasteiger partial charge < -0.3 is 5.32 Å². The predicted molar refractivity (Wildman–Crippen MR) is 65.3 cm³/mol. The summed E-state index contributed by atoms with van der Waals surface area (Å²) in [7, 11) is 0. The van der Waals surface area contributed by atoms with Gasteiger partial charge in [0.05, 0.1) is 6.04 Å². The standard InChI is InChI=1S/C13H22N2O2/c1-8-3-4-10(7-9(8)2)14-11-5-6-12(16)15-13(11)17/h8-11,14H,3-7H2,1-2H3,(H,15,16,17). The van der Waals surface area contributed by atoms with Gasteiger partial charge >= 0.3 is 0 Å². The van der Waals surface area contributed by atoms with Crippen LogP contribution in [0.5, 0.6) is 0 Å². The van der Waals surface area contributed by atoms with E-state index in [-0.39, 0.29) is 17.9 Å². The van der Waals surface area contributed by atoms with Crippen LogP contribution in [0.3, 0.4) is 0 Å². The van der Waals surface area contributed by atoms with Crippen LogP contribution in [0.4, 0.5) is 0 Å². The van der Waals surface area contributed by atoms with Crippen molar-refractivity contribution in [3.05, 3.63) is 0 Å². The molecule has 1 saturated heterocycles. The van der Waals surface area contributed by atoms with Gasteiger partial charge in [-0.05, 0) is 37.5 Å². The molecule has 2 amide bonds. The average Bonchev–Trinajstić information content (AvgIpc) is 2.27. The van der Waals surface area contributed by atoms with E-state index < -0.39 is 0 Å². The Hall–Kier alpha value is -0.900. The molecule has 17 heavy (non-hydrogen) atoms. The van der Waals surface area contributed by atoms with Crippen LogP contribution in [0.2, 0.25) is 0 Å². The smallest absolute Gasteiger partial charge is 0.243 e. The first-order valence-electron chi connectivity index (χ1n) is 6.66. The van der Waals surface area contributed by atoms with Crippen molar-refractivity contribution >= 4 is 11.8 Å². The molecular formula is C13H22N2O2. The van der Waals surface area contributed by atoms with Gasteiger partial charge in [0.2, 0.25) is 11.8 Å². The van der Waals surface area contributed by atoms with E-state index in [1.807, 2.05) is 0 Å². The third-order valence-electron chi connectivity index (χ3n) is 4.27. The molecule has 1 heterocycles. The highest BCUT2D eigenvalue weighted by Gasteiger charge is 2.31. The third kappa shape index (κ3) is 3.06. The molecule has 0 radical (unpaired) electrons. The number of nitrogens with one attached hydrogen (secondary N) is 2. The van der Waals surface area contributed by atoms with E-state index in [4.69, 9.17) is 0 Å². The van der Waals surface area contributed by atoms with Gasteiger partial charge in [0.25, 0.3) is 0 Å². The maximum atomic E-state index is 11.6. The number of imide groups is 1. The monoisotopic (exact) mass is 238 g/mol. The van der Waals surface area contributed by atoms with E-state index in [1.54, 1.807) is 0 Å². The fourth-order valence-electron chi connectivity index (χ4n) is 2.84. The van der Waals surface area contributed by atoms with Crippen molar-refractivity contribution in [3.8, 4) is 0 Å². The fraction of sp³-hybridized carbons (Fsp3) is 0.846. The molecule has 4 nitrogen and oxygen atoms in total. The van der Waals surface area contributed by atoms with Crippen molar-refractivity contribution < 1.29 is 9.59 Å². The van der Waals surface area contributed by atoms with E-state index in [0.29, 0.717) is 18.9 Å². The Labute approximate surface area is 103 Å². The molecule has 4 heteroatoms. The third-order valence-corrected chi connectivity index (χ3v) is 4.27. The maximum Gasteiger partial charge on any atom is 0.243 e. The molecule has 1 saturated carbocycles. The Balaban J connectivity index is 1.85. The number of hydrogen-bond donors (Lipinski definition) is 2. The van der Waals surface area contributed by atoms with Crippen molar-refractivity contribution in [1.29, 1.82) is 0 Å². The summed E-state index contributed by atoms with van der Waals surface area (Å²) in [5, 5.41) is 5.81. The summed E-state index contributed by atoms with van der Waals surface area (Å²) in [6.45, 7) is 4.58. The van der Waals surface area contributed by atoms with E-state index >= 15 is 0 Å². The largest absolute Gasteiger partial charge is 0.303 e. The molecule has 0 bridgehead atoms. The molecule has 2 aliphatic rings. The molecule has 0 aromatic heterocycles. The van der Waals surface area contributed by atoms with Crippen LogP contribution < -0.4 is 10.6 Å². The Kier molecular flexibility index (Phi) is 3.82. The summed E-state index contributed by atoms with van der Waals surface area (Å²) in [4.78, 5) is 22.7. The molecule has 0 spiro atoms. The molecule has 96 valence electrons. The van der Waals surface area contributed by atoms with Gasteiger partial charge in [-0.3, -0.25) is 14.9 Å². The maximum absolute atomic E-state index is 11.6. The fourth-order valence-corrected chi connectivity index (χ4v) is 2.84. The molecule has 2 fully saturated rings. The Bertz CT molecular complexity index is 317. The van der Waals surface area contributed by atoms with Crippen LogP contribution in [0.1, 0.15) is 46.0 Å². The predicted octanol–water partition coefficient (Wildman–Crippen LogP) is 1.21. The number of rotatable bonds is 2. The van der Waals surface area contributed by atoms with Crippen molar-refractivity contribution in [3.63, 3.8) is 0 Å². The lowest BCUT2D eigenvalue weighted by molar-refractivity contribution is -0.135. The lowest BCUT2D eigenvalue weighted by Crippen LogP contribution is -2.54. The van der Waals surface area contributed by atoms with Crippen molar-refractivity contribution in [2.45, 2.75) is 58.0 Å². The Morgan fingerprint density at radius 3 is 2.53 bits per heavy atom. The topological polar surface area (TPSA) is 58.2 Å². The minimum Gasteiger partial charge on any atom is -0.303 e. The van der Waals surface area contributed by atoms with Gasteiger partial charge in [0.1, 0.15) is 0 Å². The zero-order chi connectivity index (χ0) is 12.4. The van der Waals surface area contributed by atoms with Crippen LogP contribution in [-0.4, -0.2) is 23.9 Å². The summed E-state index contributed by atoms with van der Waals surface area (Å²) in [5.74, 6) is 1.22. The molecular weight excluding hydrogens is 216 g/mol. The van der Waals surface area contributed by atoms with Gasteiger partial charge in [-0.15, -0.1) is 0 Å². The van der Waals surface area contributed by atoms with E-state index in [2.05, 4.69) is 24.5 Å². The normalized spacial score (nSPS) is 38.9. The molecule has 0 aromatic rings. The lowest BCUT2D eigenvalue weighted by atomic mass is 9.79. The summed E-state index contributed by atoms with van der Waals surface area (Å²) in [6, 6.07) is 0.267. The molecule has 1 aliphatic heterocycles. The number of carbonyl (C=O) groups excluding carboxylic acids is 2. The summed E-state index contributed by atoms with van der Waals surface area (Å²) in [5.41, 5.74) is 0. The molecule has 2 rings (SSSR count). The summed E-state index contributed by atoms with van der Waals surface area (Å²) in [6.07, 6.45) is 4.61. The molecule has 4 unspecified atom stereocenters. The SMILES string of the molecule is CC1CCC(NC2CCC(=O)NC2=O)CC1C. The van der Waals surface area contributed by atoms with Gasteiger partial charge in [0, 0.05) is 12.5 Å². The average molecular weight is 238 g/mol. The van der Waals surface area contributed by atoms with Crippen LogP contribution in [0, 0.1) is 11.8 Å². The lowest BCUT2D eigenvalue weighted by Gasteiger charge is -2.35. The van der Waals surface area contributed by atoms with Crippen LogP contribution in [-0.2, 0) is 9.59 Å². The van der Waals surface area contributed by atoms with Gasteiger partial charge in [-0.1, -0.05) is 13.8 Å². The Morgan fingerprint density at radius 2 is 1.88 bits per heavy atom. The zero-order valence-corrected chi connectivity index (χ0v) is 10.7. The van der Waals surface area contributed by atoms with E-state index in [1.165, 1.54) is 6.42 Å². The minimum atomic E-state index is -0.168. The molecule has 1 aliphatic carbocycles. The quantitative estimate of drug-likeness (QED) is 0.711. The van der Waals surface area contributed by atoms with Gasteiger partial charge in [-0.25, -0.2) is 0 Å². The first kappa shape index (κ1) is 12.6. The van der Waals surface area contributed by atoms with Crippen molar-refractivity contribution in [2.24, 2.45) is 11.8 Å². The second-order valence-corrected chi connectivity index (χ2v) is 5.63. The highest BCUT2D eigenvalue weighted by molar-refractivity contribution is 6.00. The first-order valence-corrected chi connectivity index (χ1v) is 6.66. The second kappa shape index (κ2) is 5.17. The highest BCUT2D eigenvalue weighted by atomic mass is 16.2. The molecule has 2 N–H and O–H groups in total. The minimum absolute atomic E-state index is 0.140. The van der Waals surface area contributed by atoms with Gasteiger partial charge in [-0.2, -0.15) is 0 Å². The number of amides is 2. The van der Waals surface area contributed by atoms with E-state index in [0.717, 1.165) is 24.7 Å². The number of carbonyl (C=O) groups is 2. The van der Waals surface area contributed by atoms with Crippen LogP contribution in [0.25, 0.3) is 0 Å². The zero-order valence-electron chi connectivity index (χ0n) is 10.7. The molecule has 4 atom stereocenters. The Morgan fingerprint density at radius 1 is 1.12 bits per heavy atom. The van der Waals surface area contributed by atoms with Crippen LogP contribution in [0.15, 0.2) is 0 Å². The van der Waals surface area contributed by atoms with E-state index in [9.17, 15) is 9.59 Å². The number of piperidine rings is 1. The van der Waals surface area contributed by atoms with Crippen LogP contribution >= 0.6 is 0 Å². The highest BCUT2D eigenvalue weighted by Crippen LogP contribution is 2.29. The number of hydrogen-bond acceptors (Lipinski definition) is 3. The first-order chi connectivity index (χ1) is 8.06. The summed E-state index contributed by atoms with van der Waals surface area (Å²) >= 11 is 0. The van der Waals surface area contributed by atoms with Gasteiger partial charge in [0.15, 0.2) is 0 Å². The molecule has 0 aromatic carbocycles. The second-order valence-electron chi connectivity index (χ2n) is 5.63. The summed E-state index contributed by atoms with van der Waals surface area (Å²) < 4.78 is 0.